The van der Waals surface area contributed by atoms with Crippen molar-refractivity contribution in [3.63, 3.8) is 0 Å². The molecule has 186 valence electrons. The Balaban J connectivity index is 1.35. The third kappa shape index (κ3) is 4.39. The van der Waals surface area contributed by atoms with Gasteiger partial charge in [-0.3, -0.25) is 9.59 Å². The van der Waals surface area contributed by atoms with Gasteiger partial charge in [-0.25, -0.2) is 0 Å². The summed E-state index contributed by atoms with van der Waals surface area (Å²) in [6.45, 7) is 3.92. The summed E-state index contributed by atoms with van der Waals surface area (Å²) >= 11 is 0. The Kier molecular flexibility index (Phi) is 6.74. The SMILES string of the molecule is CN(CCCN1C(=O)c2cc3occc3n2C[C@]1(C)C(=O)NC1CCCCC1)C1CCCCC1. The zero-order chi connectivity index (χ0) is 23.7. The first kappa shape index (κ1) is 23.5. The molecule has 5 rings (SSSR count). The van der Waals surface area contributed by atoms with Crippen molar-refractivity contribution in [1.29, 1.82) is 0 Å². The smallest absolute Gasteiger partial charge is 0.271 e. The molecule has 0 bridgehead atoms. The average Bonchev–Trinajstić information content (AvgIpc) is 3.45. The highest BCUT2D eigenvalue weighted by molar-refractivity contribution is 6.02. The van der Waals surface area contributed by atoms with Crippen LogP contribution in [0.25, 0.3) is 11.1 Å². The molecule has 7 nitrogen and oxygen atoms in total. The number of rotatable bonds is 7. The van der Waals surface area contributed by atoms with Gasteiger partial charge in [0.25, 0.3) is 5.91 Å². The van der Waals surface area contributed by atoms with E-state index in [4.69, 9.17) is 4.42 Å². The molecular weight excluding hydrogens is 428 g/mol. The van der Waals surface area contributed by atoms with Gasteiger partial charge in [-0.15, -0.1) is 0 Å². The summed E-state index contributed by atoms with van der Waals surface area (Å²) < 4.78 is 7.56. The van der Waals surface area contributed by atoms with Crippen molar-refractivity contribution in [2.24, 2.45) is 0 Å². The van der Waals surface area contributed by atoms with E-state index in [-0.39, 0.29) is 17.9 Å². The molecule has 7 heteroatoms. The molecule has 2 aromatic heterocycles. The monoisotopic (exact) mass is 468 g/mol. The van der Waals surface area contributed by atoms with Gasteiger partial charge in [0.05, 0.1) is 18.3 Å². The van der Waals surface area contributed by atoms with Crippen LogP contribution in [0.3, 0.4) is 0 Å². The van der Waals surface area contributed by atoms with Crippen LogP contribution in [0.4, 0.5) is 0 Å². The van der Waals surface area contributed by atoms with Crippen LogP contribution >= 0.6 is 0 Å². The van der Waals surface area contributed by atoms with E-state index in [1.807, 2.05) is 28.5 Å². The van der Waals surface area contributed by atoms with Crippen LogP contribution in [-0.4, -0.2) is 63.9 Å². The number of carbonyl (C=O) groups excluding carboxylic acids is 2. The predicted octanol–water partition coefficient (Wildman–Crippen LogP) is 4.55. The molecule has 0 radical (unpaired) electrons. The van der Waals surface area contributed by atoms with Crippen molar-refractivity contribution < 1.29 is 14.0 Å². The maximum atomic E-state index is 13.7. The number of furan rings is 1. The second-order valence-electron chi connectivity index (χ2n) is 11.0. The Labute approximate surface area is 202 Å². The quantitative estimate of drug-likeness (QED) is 0.647. The van der Waals surface area contributed by atoms with E-state index in [0.29, 0.717) is 30.4 Å². The van der Waals surface area contributed by atoms with Crippen LogP contribution in [0.5, 0.6) is 0 Å². The zero-order valence-electron chi connectivity index (χ0n) is 20.9. The lowest BCUT2D eigenvalue weighted by molar-refractivity contribution is -0.133. The molecule has 0 aromatic carbocycles. The van der Waals surface area contributed by atoms with Crippen molar-refractivity contribution in [3.05, 3.63) is 24.1 Å². The molecule has 2 saturated carbocycles. The second kappa shape index (κ2) is 9.76. The standard InChI is InChI=1S/C27H40N4O3/c1-27(26(33)28-20-10-5-3-6-11-20)19-30-22-14-17-34-24(22)18-23(30)25(32)31(27)16-9-15-29(2)21-12-7-4-8-13-21/h14,17-18,20-21H,3-13,15-16,19H2,1-2H3,(H,28,33)/t27-/m1/s1. The number of hydrogen-bond donors (Lipinski definition) is 1. The Hall–Kier alpha value is -2.28. The molecule has 2 fully saturated rings. The van der Waals surface area contributed by atoms with E-state index < -0.39 is 5.54 Å². The molecule has 3 aliphatic rings. The molecule has 0 spiro atoms. The number of fused-ring (bicyclic) bond motifs is 3. The minimum absolute atomic E-state index is 0.0237. The number of amides is 2. The summed E-state index contributed by atoms with van der Waals surface area (Å²) in [4.78, 5) is 31.8. The molecular formula is C27H40N4O3. The Morgan fingerprint density at radius 3 is 2.59 bits per heavy atom. The highest BCUT2D eigenvalue weighted by Crippen LogP contribution is 2.33. The van der Waals surface area contributed by atoms with Gasteiger partial charge < -0.3 is 24.1 Å². The lowest BCUT2D eigenvalue weighted by Crippen LogP contribution is -2.65. The highest BCUT2D eigenvalue weighted by Gasteiger charge is 2.48. The van der Waals surface area contributed by atoms with E-state index in [1.165, 1.54) is 38.5 Å². The van der Waals surface area contributed by atoms with E-state index >= 15 is 0 Å². The largest absolute Gasteiger partial charge is 0.463 e. The predicted molar refractivity (Wildman–Crippen MR) is 133 cm³/mol. The fourth-order valence-electron chi connectivity index (χ4n) is 6.39. The summed E-state index contributed by atoms with van der Waals surface area (Å²) in [7, 11) is 2.21. The molecule has 1 N–H and O–H groups in total. The lowest BCUT2D eigenvalue weighted by Gasteiger charge is -2.45. The molecule has 1 atom stereocenters. The molecule has 34 heavy (non-hydrogen) atoms. The molecule has 0 unspecified atom stereocenters. The molecule has 3 heterocycles. The number of nitrogens with one attached hydrogen (secondary N) is 1. The molecule has 0 saturated heterocycles. The van der Waals surface area contributed by atoms with Gasteiger partial charge in [0, 0.05) is 30.8 Å². The van der Waals surface area contributed by atoms with Gasteiger partial charge in [-0.05, 0) is 52.6 Å². The van der Waals surface area contributed by atoms with E-state index in [9.17, 15) is 9.59 Å². The first-order valence-electron chi connectivity index (χ1n) is 13.4. The molecule has 2 aliphatic carbocycles. The van der Waals surface area contributed by atoms with Crippen molar-refractivity contribution in [3.8, 4) is 0 Å². The van der Waals surface area contributed by atoms with E-state index in [0.717, 1.165) is 44.2 Å². The van der Waals surface area contributed by atoms with Crippen LogP contribution in [0.2, 0.25) is 0 Å². The van der Waals surface area contributed by atoms with Gasteiger partial charge in [0.1, 0.15) is 11.2 Å². The van der Waals surface area contributed by atoms with Gasteiger partial charge in [-0.1, -0.05) is 38.5 Å². The van der Waals surface area contributed by atoms with Crippen LogP contribution in [0.15, 0.2) is 22.8 Å². The van der Waals surface area contributed by atoms with Crippen LogP contribution < -0.4 is 5.32 Å². The van der Waals surface area contributed by atoms with Gasteiger partial charge in [0.2, 0.25) is 5.91 Å². The third-order valence-corrected chi connectivity index (χ3v) is 8.57. The number of aromatic nitrogens is 1. The second-order valence-corrected chi connectivity index (χ2v) is 11.0. The maximum Gasteiger partial charge on any atom is 0.271 e. The maximum absolute atomic E-state index is 13.7. The minimum Gasteiger partial charge on any atom is -0.463 e. The fraction of sp³-hybridized carbons (Fsp3) is 0.704. The van der Waals surface area contributed by atoms with Crippen molar-refractivity contribution >= 4 is 22.9 Å². The average molecular weight is 469 g/mol. The first-order chi connectivity index (χ1) is 16.5. The first-order valence-corrected chi connectivity index (χ1v) is 13.4. The van der Waals surface area contributed by atoms with Crippen molar-refractivity contribution in [1.82, 2.24) is 19.7 Å². The summed E-state index contributed by atoms with van der Waals surface area (Å²) in [5.41, 5.74) is 1.29. The van der Waals surface area contributed by atoms with E-state index in [1.54, 1.807) is 6.26 Å². The highest BCUT2D eigenvalue weighted by atomic mass is 16.3. The van der Waals surface area contributed by atoms with Crippen molar-refractivity contribution in [2.75, 3.05) is 20.1 Å². The van der Waals surface area contributed by atoms with Gasteiger partial charge in [0.15, 0.2) is 5.58 Å². The summed E-state index contributed by atoms with van der Waals surface area (Å²) in [6.07, 6.45) is 14.7. The topological polar surface area (TPSA) is 70.7 Å². The third-order valence-electron chi connectivity index (χ3n) is 8.57. The number of hydrogen-bond acceptors (Lipinski definition) is 4. The zero-order valence-corrected chi connectivity index (χ0v) is 20.9. The van der Waals surface area contributed by atoms with Crippen LogP contribution in [0, 0.1) is 0 Å². The Morgan fingerprint density at radius 1 is 1.15 bits per heavy atom. The normalized spacial score (nSPS) is 24.7. The molecule has 2 aromatic rings. The van der Waals surface area contributed by atoms with Gasteiger partial charge in [-0.2, -0.15) is 0 Å². The fourth-order valence-corrected chi connectivity index (χ4v) is 6.39. The lowest BCUT2D eigenvalue weighted by atomic mass is 9.91. The number of carbonyl (C=O) groups is 2. The summed E-state index contributed by atoms with van der Waals surface area (Å²) in [6, 6.07) is 4.58. The van der Waals surface area contributed by atoms with Crippen molar-refractivity contribution in [2.45, 2.75) is 102 Å². The molecule has 1 aliphatic heterocycles. The van der Waals surface area contributed by atoms with Gasteiger partial charge >= 0.3 is 0 Å². The minimum atomic E-state index is -0.922. The molecule has 2 amide bonds. The van der Waals surface area contributed by atoms with Crippen LogP contribution in [-0.2, 0) is 11.3 Å². The Morgan fingerprint density at radius 2 is 1.85 bits per heavy atom. The Bertz CT molecular complexity index is 1010. The van der Waals surface area contributed by atoms with Crippen LogP contribution in [0.1, 0.15) is 88.0 Å². The summed E-state index contributed by atoms with van der Waals surface area (Å²) in [5, 5.41) is 3.32. The van der Waals surface area contributed by atoms with E-state index in [2.05, 4.69) is 17.3 Å². The number of nitrogens with zero attached hydrogens (tertiary/aromatic N) is 3. The summed E-state index contributed by atoms with van der Waals surface area (Å²) in [5.74, 6) is -0.0938.